The minimum Gasteiger partial charge on any atom is -0.401 e. The molecular weight excluding hydrogens is 322 g/mol. The zero-order valence-electron chi connectivity index (χ0n) is 15.0. The Morgan fingerprint density at radius 1 is 1.44 bits per heavy atom. The molecule has 1 atom stereocenters. The molecule has 1 rings (SSSR count). The van der Waals surface area contributed by atoms with Gasteiger partial charge < -0.3 is 31.4 Å². The maximum atomic E-state index is 12.1. The first-order valence-electron chi connectivity index (χ1n) is 8.10. The fourth-order valence-electron chi connectivity index (χ4n) is 2.21. The molecule has 138 valence electrons. The third-order valence-electron chi connectivity index (χ3n) is 3.61. The van der Waals surface area contributed by atoms with E-state index in [1.165, 1.54) is 11.8 Å². The number of Topliss-reactive ketones (excluding diaryl/α,β-unsaturated/α-hetero) is 1. The van der Waals surface area contributed by atoms with Crippen molar-refractivity contribution in [3.63, 3.8) is 0 Å². The number of nitrogens with one attached hydrogen (secondary N) is 3. The summed E-state index contributed by atoms with van der Waals surface area (Å²) in [5, 5.41) is 8.35. The van der Waals surface area contributed by atoms with Gasteiger partial charge in [0.25, 0.3) is 5.91 Å². The van der Waals surface area contributed by atoms with Crippen molar-refractivity contribution in [3.8, 4) is 0 Å². The zero-order valence-corrected chi connectivity index (χ0v) is 15.0. The molecular formula is C17H27N5O3. The van der Waals surface area contributed by atoms with Crippen molar-refractivity contribution in [3.05, 3.63) is 36.1 Å². The Labute approximate surface area is 148 Å². The van der Waals surface area contributed by atoms with E-state index >= 15 is 0 Å². The summed E-state index contributed by atoms with van der Waals surface area (Å²) in [6, 6.07) is -0.388. The SMILES string of the molecule is C=C(C(=O)NCCCC(C)=O)N(C)/C=C(\C)NC(=O)C1CC(N)=CN1. The third-order valence-corrected chi connectivity index (χ3v) is 3.61. The highest BCUT2D eigenvalue weighted by atomic mass is 16.2. The van der Waals surface area contributed by atoms with E-state index in [0.717, 1.165) is 0 Å². The van der Waals surface area contributed by atoms with Crippen molar-refractivity contribution in [2.24, 2.45) is 5.73 Å². The van der Waals surface area contributed by atoms with E-state index in [1.54, 1.807) is 26.4 Å². The van der Waals surface area contributed by atoms with Crippen LogP contribution in [0.4, 0.5) is 0 Å². The lowest BCUT2D eigenvalue weighted by Crippen LogP contribution is -2.39. The highest BCUT2D eigenvalue weighted by molar-refractivity contribution is 5.92. The average molecular weight is 349 g/mol. The Hall–Kier alpha value is -2.77. The predicted octanol–water partition coefficient (Wildman–Crippen LogP) is 0.0568. The van der Waals surface area contributed by atoms with Crippen molar-refractivity contribution in [2.75, 3.05) is 13.6 Å². The molecule has 25 heavy (non-hydrogen) atoms. The average Bonchev–Trinajstić information content (AvgIpc) is 2.96. The molecule has 0 fully saturated rings. The number of ketones is 1. The van der Waals surface area contributed by atoms with Gasteiger partial charge in [-0.3, -0.25) is 9.59 Å². The summed E-state index contributed by atoms with van der Waals surface area (Å²) >= 11 is 0. The fourth-order valence-corrected chi connectivity index (χ4v) is 2.21. The first kappa shape index (κ1) is 20.3. The molecule has 0 aromatic heterocycles. The van der Waals surface area contributed by atoms with Crippen LogP contribution in [0, 0.1) is 0 Å². The summed E-state index contributed by atoms with van der Waals surface area (Å²) < 4.78 is 0. The van der Waals surface area contributed by atoms with Gasteiger partial charge in [0.05, 0.1) is 5.70 Å². The van der Waals surface area contributed by atoms with Crippen LogP contribution in [0.3, 0.4) is 0 Å². The quantitative estimate of drug-likeness (QED) is 0.345. The second-order valence-electron chi connectivity index (χ2n) is 6.06. The number of allylic oxidation sites excluding steroid dienone is 1. The Morgan fingerprint density at radius 2 is 2.12 bits per heavy atom. The van der Waals surface area contributed by atoms with E-state index in [4.69, 9.17) is 5.73 Å². The molecule has 1 unspecified atom stereocenters. The Kier molecular flexibility index (Phi) is 7.71. The molecule has 0 aromatic rings. The molecule has 5 N–H and O–H groups in total. The van der Waals surface area contributed by atoms with E-state index in [-0.39, 0.29) is 29.3 Å². The number of hydrogen-bond donors (Lipinski definition) is 4. The van der Waals surface area contributed by atoms with Gasteiger partial charge in [0.2, 0.25) is 5.91 Å². The monoisotopic (exact) mass is 349 g/mol. The maximum absolute atomic E-state index is 12.1. The molecule has 0 aliphatic carbocycles. The largest absolute Gasteiger partial charge is 0.401 e. The zero-order chi connectivity index (χ0) is 19.0. The number of carbonyl (C=O) groups is 3. The number of rotatable bonds is 9. The van der Waals surface area contributed by atoms with Crippen molar-refractivity contribution in [1.82, 2.24) is 20.9 Å². The number of amides is 2. The van der Waals surface area contributed by atoms with Crippen molar-refractivity contribution >= 4 is 17.6 Å². The van der Waals surface area contributed by atoms with Gasteiger partial charge in [-0.05, 0) is 20.3 Å². The Bertz CT molecular complexity index is 609. The molecule has 0 spiro atoms. The van der Waals surface area contributed by atoms with Crippen molar-refractivity contribution < 1.29 is 14.4 Å². The second-order valence-corrected chi connectivity index (χ2v) is 6.06. The predicted molar refractivity (Wildman–Crippen MR) is 95.5 cm³/mol. The number of likely N-dealkylation sites (N-methyl/N-ethyl adjacent to an activating group) is 1. The summed E-state index contributed by atoms with van der Waals surface area (Å²) in [4.78, 5) is 36.4. The van der Waals surface area contributed by atoms with Gasteiger partial charge >= 0.3 is 0 Å². The molecule has 8 nitrogen and oxygen atoms in total. The number of hydrogen-bond acceptors (Lipinski definition) is 6. The molecule has 1 aliphatic heterocycles. The number of carbonyl (C=O) groups excluding carboxylic acids is 3. The van der Waals surface area contributed by atoms with Crippen LogP contribution in [0.2, 0.25) is 0 Å². The van der Waals surface area contributed by atoms with Gasteiger partial charge in [0, 0.05) is 50.2 Å². The van der Waals surface area contributed by atoms with Crippen LogP contribution in [0.25, 0.3) is 0 Å². The van der Waals surface area contributed by atoms with Crippen LogP contribution in [0.1, 0.15) is 33.1 Å². The fraction of sp³-hybridized carbons (Fsp3) is 0.471. The molecule has 1 aliphatic rings. The third kappa shape index (κ3) is 7.11. The minimum absolute atomic E-state index is 0.0909. The van der Waals surface area contributed by atoms with Gasteiger partial charge in [-0.25, -0.2) is 0 Å². The number of nitrogens with zero attached hydrogens (tertiary/aromatic N) is 1. The summed E-state index contributed by atoms with van der Waals surface area (Å²) in [6.45, 7) is 7.39. The highest BCUT2D eigenvalue weighted by Crippen LogP contribution is 2.08. The molecule has 8 heteroatoms. The van der Waals surface area contributed by atoms with Crippen LogP contribution in [0.15, 0.2) is 36.1 Å². The summed E-state index contributed by atoms with van der Waals surface area (Å²) in [6.07, 6.45) is 4.72. The van der Waals surface area contributed by atoms with Crippen LogP contribution < -0.4 is 21.7 Å². The summed E-state index contributed by atoms with van der Waals surface area (Å²) in [5.41, 5.74) is 7.08. The maximum Gasteiger partial charge on any atom is 0.267 e. The van der Waals surface area contributed by atoms with Gasteiger partial charge in [0.1, 0.15) is 11.8 Å². The summed E-state index contributed by atoms with van der Waals surface area (Å²) in [7, 11) is 1.67. The minimum atomic E-state index is -0.388. The lowest BCUT2D eigenvalue weighted by atomic mass is 10.2. The molecule has 2 amide bonds. The Morgan fingerprint density at radius 3 is 2.68 bits per heavy atom. The van der Waals surface area contributed by atoms with Crippen LogP contribution >= 0.6 is 0 Å². The van der Waals surface area contributed by atoms with Gasteiger partial charge in [-0.15, -0.1) is 0 Å². The molecule has 0 aromatic carbocycles. The summed E-state index contributed by atoms with van der Waals surface area (Å²) in [5.74, 6) is -0.429. The van der Waals surface area contributed by atoms with Gasteiger partial charge in [-0.2, -0.15) is 0 Å². The first-order valence-corrected chi connectivity index (χ1v) is 8.10. The Balaban J connectivity index is 2.43. The van der Waals surface area contributed by atoms with E-state index in [2.05, 4.69) is 22.5 Å². The molecule has 1 heterocycles. The van der Waals surface area contributed by atoms with E-state index in [1.807, 2.05) is 0 Å². The van der Waals surface area contributed by atoms with Gasteiger partial charge in [-0.1, -0.05) is 6.58 Å². The van der Waals surface area contributed by atoms with Crippen LogP contribution in [-0.2, 0) is 14.4 Å². The van der Waals surface area contributed by atoms with E-state index in [9.17, 15) is 14.4 Å². The van der Waals surface area contributed by atoms with Crippen molar-refractivity contribution in [2.45, 2.75) is 39.2 Å². The standard InChI is InChI=1S/C17H27N5O3/c1-11(21-17(25)15-8-14(18)9-20-15)10-22(4)13(3)16(24)19-7-5-6-12(2)23/h9-10,15,20H,3,5-8,18H2,1-2,4H3,(H,19,24)(H,21,25)/b11-10+. The molecule has 0 saturated carbocycles. The van der Waals surface area contributed by atoms with Gasteiger partial charge in [0.15, 0.2) is 0 Å². The smallest absolute Gasteiger partial charge is 0.267 e. The number of nitrogens with two attached hydrogens (primary N) is 1. The highest BCUT2D eigenvalue weighted by Gasteiger charge is 2.22. The van der Waals surface area contributed by atoms with E-state index in [0.29, 0.717) is 37.2 Å². The molecule has 0 bridgehead atoms. The van der Waals surface area contributed by atoms with Crippen LogP contribution in [0.5, 0.6) is 0 Å². The topological polar surface area (TPSA) is 117 Å². The lowest BCUT2D eigenvalue weighted by Gasteiger charge is -2.19. The van der Waals surface area contributed by atoms with Crippen LogP contribution in [-0.4, -0.2) is 42.1 Å². The second kappa shape index (κ2) is 9.51. The first-order chi connectivity index (χ1) is 11.7. The van der Waals surface area contributed by atoms with E-state index < -0.39 is 0 Å². The molecule has 0 radical (unpaired) electrons. The normalized spacial score (nSPS) is 16.5. The lowest BCUT2D eigenvalue weighted by molar-refractivity contribution is -0.122. The van der Waals surface area contributed by atoms with Crippen molar-refractivity contribution in [1.29, 1.82) is 0 Å². The molecule has 0 saturated heterocycles.